The maximum Gasteiger partial charge on any atom is 0.416 e. The van der Waals surface area contributed by atoms with Crippen LogP contribution in [0.2, 0.25) is 0 Å². The molecule has 2 N–H and O–H groups in total. The zero-order valence-corrected chi connectivity index (χ0v) is 15.8. The first-order valence-corrected chi connectivity index (χ1v) is 9.05. The van der Waals surface area contributed by atoms with E-state index in [1.54, 1.807) is 12.1 Å². The molecule has 6 nitrogen and oxygen atoms in total. The minimum atomic E-state index is -4.53. The summed E-state index contributed by atoms with van der Waals surface area (Å²) in [6.45, 7) is 3.74. The largest absolute Gasteiger partial charge is 0.416 e. The van der Waals surface area contributed by atoms with Crippen molar-refractivity contribution >= 4 is 28.9 Å². The second-order valence-electron chi connectivity index (χ2n) is 6.82. The predicted octanol–water partition coefficient (Wildman–Crippen LogP) is 3.03. The summed E-state index contributed by atoms with van der Waals surface area (Å²) in [5.74, 6) is -2.01. The van der Waals surface area contributed by atoms with Crippen molar-refractivity contribution in [2.24, 2.45) is 0 Å². The molecule has 1 saturated heterocycles. The van der Waals surface area contributed by atoms with Crippen LogP contribution in [0.15, 0.2) is 48.5 Å². The van der Waals surface area contributed by atoms with Gasteiger partial charge in [0, 0.05) is 43.2 Å². The molecule has 0 aliphatic carbocycles. The Kier molecular flexibility index (Phi) is 6.07. The molecule has 0 radical (unpaired) electrons. The standard InChI is InChI=1S/C20H21F3N4O2/c1-26-9-11-27(12-10-26)17-7-5-15(6-8-17)24-18(28)19(29)25-16-4-2-3-14(13-16)20(21,22)23/h2-8,13H,9-12H2,1H3,(H,24,28)(H,25,29). The van der Waals surface area contributed by atoms with E-state index in [2.05, 4.69) is 27.5 Å². The number of likely N-dealkylation sites (N-methyl/N-ethyl adjacent to an activating group) is 1. The minimum Gasteiger partial charge on any atom is -0.369 e. The molecule has 29 heavy (non-hydrogen) atoms. The number of hydrogen-bond donors (Lipinski definition) is 2. The van der Waals surface area contributed by atoms with Gasteiger partial charge in [-0.15, -0.1) is 0 Å². The molecule has 0 unspecified atom stereocenters. The SMILES string of the molecule is CN1CCN(c2ccc(NC(=O)C(=O)Nc3cccc(C(F)(F)F)c3)cc2)CC1. The number of piperazine rings is 1. The van der Waals surface area contributed by atoms with Gasteiger partial charge >= 0.3 is 18.0 Å². The Morgan fingerprint density at radius 1 is 0.862 bits per heavy atom. The van der Waals surface area contributed by atoms with E-state index < -0.39 is 23.6 Å². The normalized spacial score (nSPS) is 15.1. The molecule has 2 amide bonds. The summed E-state index contributed by atoms with van der Waals surface area (Å²) in [6, 6.07) is 11.2. The number of halogens is 3. The second kappa shape index (κ2) is 8.52. The molecule has 2 aromatic rings. The number of benzene rings is 2. The van der Waals surface area contributed by atoms with Crippen LogP contribution >= 0.6 is 0 Å². The Bertz CT molecular complexity index is 876. The highest BCUT2D eigenvalue weighted by molar-refractivity contribution is 6.43. The zero-order chi connectivity index (χ0) is 21.0. The van der Waals surface area contributed by atoms with E-state index in [4.69, 9.17) is 0 Å². The predicted molar refractivity (Wildman–Crippen MR) is 105 cm³/mol. The third-order valence-electron chi connectivity index (χ3n) is 4.65. The first kappa shape index (κ1) is 20.7. The molecule has 0 saturated carbocycles. The molecule has 0 spiro atoms. The summed E-state index contributed by atoms with van der Waals surface area (Å²) < 4.78 is 38.2. The lowest BCUT2D eigenvalue weighted by Crippen LogP contribution is -2.44. The van der Waals surface area contributed by atoms with Crippen molar-refractivity contribution in [2.75, 3.05) is 48.8 Å². The average molecular weight is 406 g/mol. The van der Waals surface area contributed by atoms with Crippen LogP contribution in [-0.2, 0) is 15.8 Å². The molecule has 0 aromatic heterocycles. The second-order valence-corrected chi connectivity index (χ2v) is 6.82. The van der Waals surface area contributed by atoms with E-state index >= 15 is 0 Å². The van der Waals surface area contributed by atoms with Gasteiger partial charge in [-0.3, -0.25) is 9.59 Å². The number of hydrogen-bond acceptors (Lipinski definition) is 4. The summed E-state index contributed by atoms with van der Waals surface area (Å²) in [6.07, 6.45) is -4.53. The lowest BCUT2D eigenvalue weighted by Gasteiger charge is -2.34. The fourth-order valence-corrected chi connectivity index (χ4v) is 2.97. The Morgan fingerprint density at radius 3 is 2.03 bits per heavy atom. The number of anilines is 3. The van der Waals surface area contributed by atoms with E-state index in [0.29, 0.717) is 5.69 Å². The van der Waals surface area contributed by atoms with E-state index in [-0.39, 0.29) is 5.69 Å². The van der Waals surface area contributed by atoms with Crippen molar-refractivity contribution in [1.82, 2.24) is 4.90 Å². The monoisotopic (exact) mass is 406 g/mol. The molecule has 1 aliphatic heterocycles. The van der Waals surface area contributed by atoms with Gasteiger partial charge in [0.25, 0.3) is 0 Å². The molecule has 0 bridgehead atoms. The summed E-state index contributed by atoms with van der Waals surface area (Å²) in [5.41, 5.74) is 0.428. The minimum absolute atomic E-state index is 0.106. The number of carbonyl (C=O) groups is 2. The van der Waals surface area contributed by atoms with Gasteiger partial charge in [0.1, 0.15) is 0 Å². The molecular weight excluding hydrogens is 385 g/mol. The van der Waals surface area contributed by atoms with Crippen LogP contribution in [0.1, 0.15) is 5.56 Å². The van der Waals surface area contributed by atoms with E-state index in [0.717, 1.165) is 50.1 Å². The smallest absolute Gasteiger partial charge is 0.369 e. The summed E-state index contributed by atoms with van der Waals surface area (Å²) in [5, 5.41) is 4.62. The maximum atomic E-state index is 12.7. The van der Waals surface area contributed by atoms with Crippen molar-refractivity contribution in [1.29, 1.82) is 0 Å². The highest BCUT2D eigenvalue weighted by Gasteiger charge is 2.30. The average Bonchev–Trinajstić information content (AvgIpc) is 2.69. The quantitative estimate of drug-likeness (QED) is 0.770. The van der Waals surface area contributed by atoms with Gasteiger partial charge in [-0.1, -0.05) is 6.07 Å². The number of nitrogens with one attached hydrogen (secondary N) is 2. The van der Waals surface area contributed by atoms with E-state index in [1.807, 2.05) is 12.1 Å². The lowest BCUT2D eigenvalue weighted by molar-refractivity contribution is -0.137. The molecule has 1 fully saturated rings. The number of nitrogens with zero attached hydrogens (tertiary/aromatic N) is 2. The zero-order valence-electron chi connectivity index (χ0n) is 15.8. The number of amides is 2. The Morgan fingerprint density at radius 2 is 1.45 bits per heavy atom. The van der Waals surface area contributed by atoms with E-state index in [1.165, 1.54) is 6.07 Å². The highest BCUT2D eigenvalue weighted by atomic mass is 19.4. The fourth-order valence-electron chi connectivity index (χ4n) is 2.97. The summed E-state index contributed by atoms with van der Waals surface area (Å²) in [7, 11) is 2.07. The van der Waals surface area contributed by atoms with Crippen LogP contribution in [-0.4, -0.2) is 49.9 Å². The number of carbonyl (C=O) groups excluding carboxylic acids is 2. The molecule has 3 rings (SSSR count). The fraction of sp³-hybridized carbons (Fsp3) is 0.300. The van der Waals surface area contributed by atoms with Crippen LogP contribution in [0.4, 0.5) is 30.2 Å². The van der Waals surface area contributed by atoms with Gasteiger partial charge in [-0.05, 0) is 49.5 Å². The number of alkyl halides is 3. The van der Waals surface area contributed by atoms with Crippen LogP contribution in [0.5, 0.6) is 0 Å². The van der Waals surface area contributed by atoms with Crippen LogP contribution in [0, 0.1) is 0 Å². The van der Waals surface area contributed by atoms with Gasteiger partial charge in [0.15, 0.2) is 0 Å². The maximum absolute atomic E-state index is 12.7. The molecule has 1 aliphatic rings. The molecule has 2 aromatic carbocycles. The Balaban J connectivity index is 1.58. The van der Waals surface area contributed by atoms with Crippen molar-refractivity contribution in [2.45, 2.75) is 6.18 Å². The lowest BCUT2D eigenvalue weighted by atomic mass is 10.2. The third-order valence-corrected chi connectivity index (χ3v) is 4.65. The summed E-state index contributed by atoms with van der Waals surface area (Å²) in [4.78, 5) is 28.5. The van der Waals surface area contributed by atoms with Gasteiger partial charge < -0.3 is 20.4 Å². The van der Waals surface area contributed by atoms with Gasteiger partial charge in [0.2, 0.25) is 0 Å². The van der Waals surface area contributed by atoms with Crippen LogP contribution in [0.3, 0.4) is 0 Å². The van der Waals surface area contributed by atoms with Gasteiger partial charge in [-0.25, -0.2) is 0 Å². The molecule has 154 valence electrons. The third kappa shape index (κ3) is 5.47. The highest BCUT2D eigenvalue weighted by Crippen LogP contribution is 2.30. The summed E-state index contributed by atoms with van der Waals surface area (Å²) >= 11 is 0. The Hall–Kier alpha value is -3.07. The van der Waals surface area contributed by atoms with Crippen LogP contribution < -0.4 is 15.5 Å². The van der Waals surface area contributed by atoms with Crippen molar-refractivity contribution < 1.29 is 22.8 Å². The first-order valence-electron chi connectivity index (χ1n) is 9.05. The van der Waals surface area contributed by atoms with Crippen molar-refractivity contribution in [3.63, 3.8) is 0 Å². The Labute approximate surface area is 166 Å². The number of rotatable bonds is 3. The van der Waals surface area contributed by atoms with Crippen LogP contribution in [0.25, 0.3) is 0 Å². The van der Waals surface area contributed by atoms with E-state index in [9.17, 15) is 22.8 Å². The van der Waals surface area contributed by atoms with Gasteiger partial charge in [0.05, 0.1) is 5.56 Å². The molecule has 1 heterocycles. The van der Waals surface area contributed by atoms with Crippen molar-refractivity contribution in [3.05, 3.63) is 54.1 Å². The molecule has 0 atom stereocenters. The molecular formula is C20H21F3N4O2. The van der Waals surface area contributed by atoms with Crippen molar-refractivity contribution in [3.8, 4) is 0 Å². The first-order chi connectivity index (χ1) is 13.7. The molecule has 9 heteroatoms. The van der Waals surface area contributed by atoms with Gasteiger partial charge in [-0.2, -0.15) is 13.2 Å². The topological polar surface area (TPSA) is 64.7 Å².